The minimum absolute atomic E-state index is 0.00339. The van der Waals surface area contributed by atoms with Crippen LogP contribution in [0.2, 0.25) is 0 Å². The highest BCUT2D eigenvalue weighted by Crippen LogP contribution is 2.52. The summed E-state index contributed by atoms with van der Waals surface area (Å²) in [5, 5.41) is 11.0. The fourth-order valence-corrected chi connectivity index (χ4v) is 5.54. The number of hydrogen-bond donors (Lipinski definition) is 2. The number of aromatic amines is 1. The van der Waals surface area contributed by atoms with Crippen LogP contribution >= 0.6 is 0 Å². The molecule has 6 rings (SSSR count). The number of H-pyrrole nitrogens is 1. The Morgan fingerprint density at radius 3 is 2.54 bits per heavy atom. The summed E-state index contributed by atoms with van der Waals surface area (Å²) in [4.78, 5) is 39.7. The number of rotatable bonds is 5. The van der Waals surface area contributed by atoms with Gasteiger partial charge >= 0.3 is 6.18 Å². The third-order valence-corrected chi connectivity index (χ3v) is 7.97. The van der Waals surface area contributed by atoms with Gasteiger partial charge in [0, 0.05) is 24.5 Å². The first-order valence-electron chi connectivity index (χ1n) is 13.4. The first-order chi connectivity index (χ1) is 19.7. The number of aromatic nitrogens is 3. The van der Waals surface area contributed by atoms with Gasteiger partial charge in [-0.2, -0.15) is 13.2 Å². The lowest BCUT2D eigenvalue weighted by Gasteiger charge is -2.24. The van der Waals surface area contributed by atoms with Crippen LogP contribution in [0.4, 0.5) is 13.2 Å². The summed E-state index contributed by atoms with van der Waals surface area (Å²) >= 11 is 0. The number of nitrogens with zero attached hydrogens (tertiary/aromatic N) is 3. The lowest BCUT2D eigenvalue weighted by molar-refractivity contribution is -0.141. The average Bonchev–Trinajstić information content (AvgIpc) is 3.81. The zero-order chi connectivity index (χ0) is 28.8. The Balaban J connectivity index is 1.24. The van der Waals surface area contributed by atoms with Crippen LogP contribution in [0.25, 0.3) is 11.1 Å². The second-order valence-electron chi connectivity index (χ2n) is 10.6. The summed E-state index contributed by atoms with van der Waals surface area (Å²) in [5.74, 6) is 0.0525. The summed E-state index contributed by atoms with van der Waals surface area (Å²) in [6, 6.07) is 17.1. The highest BCUT2D eigenvalue weighted by molar-refractivity contribution is 5.82. The van der Waals surface area contributed by atoms with E-state index in [2.05, 4.69) is 9.97 Å². The van der Waals surface area contributed by atoms with Crippen molar-refractivity contribution in [2.24, 2.45) is 0 Å². The molecule has 4 aromatic rings. The fourth-order valence-electron chi connectivity index (χ4n) is 5.54. The maximum Gasteiger partial charge on any atom is 0.417 e. The van der Waals surface area contributed by atoms with Crippen molar-refractivity contribution in [2.75, 3.05) is 6.54 Å². The Labute approximate surface area is 233 Å². The van der Waals surface area contributed by atoms with Gasteiger partial charge in [0.15, 0.2) is 6.10 Å². The van der Waals surface area contributed by atoms with Crippen molar-refractivity contribution in [3.05, 3.63) is 117 Å². The molecule has 210 valence electrons. The number of alkyl halides is 3. The standard InChI is InChI=1S/C31H27F3N4O3/c32-31(33,34)23-15-21(16-35-17-23)19-6-4-7-20(14-19)26(39)28(41)38-13-5-10-25-24(18-38)27(40)37-29(36-25)30(11-12-30)22-8-2-1-3-9-22/h1-4,6-9,14-17,26,39H,5,10-13,18H2,(H,36,37,40)/t26-/m1/s1. The van der Waals surface area contributed by atoms with Gasteiger partial charge in [-0.25, -0.2) is 4.98 Å². The van der Waals surface area contributed by atoms with Gasteiger partial charge in [0.2, 0.25) is 0 Å². The van der Waals surface area contributed by atoms with Crippen LogP contribution in [-0.4, -0.2) is 37.4 Å². The molecule has 41 heavy (non-hydrogen) atoms. The minimum atomic E-state index is -4.55. The molecule has 1 atom stereocenters. The highest BCUT2D eigenvalue weighted by Gasteiger charge is 2.48. The fraction of sp³-hybridized carbons (Fsp3) is 0.290. The van der Waals surface area contributed by atoms with Gasteiger partial charge < -0.3 is 15.0 Å². The number of aliphatic hydroxyl groups is 1. The number of halogens is 3. The predicted molar refractivity (Wildman–Crippen MR) is 145 cm³/mol. The molecule has 10 heteroatoms. The molecule has 2 aliphatic rings. The van der Waals surface area contributed by atoms with Crippen LogP contribution in [0.15, 0.2) is 77.9 Å². The molecule has 7 nitrogen and oxygen atoms in total. The van der Waals surface area contributed by atoms with Crippen molar-refractivity contribution in [1.29, 1.82) is 0 Å². The highest BCUT2D eigenvalue weighted by atomic mass is 19.4. The molecular formula is C31H27F3N4O3. The van der Waals surface area contributed by atoms with E-state index in [0.29, 0.717) is 42.0 Å². The molecule has 2 aromatic carbocycles. The van der Waals surface area contributed by atoms with Crippen molar-refractivity contribution < 1.29 is 23.1 Å². The van der Waals surface area contributed by atoms with Crippen LogP contribution in [-0.2, 0) is 29.4 Å². The summed E-state index contributed by atoms with van der Waals surface area (Å²) < 4.78 is 39.5. The van der Waals surface area contributed by atoms with Crippen LogP contribution in [0, 0.1) is 0 Å². The number of amides is 1. The van der Waals surface area contributed by atoms with E-state index in [1.807, 2.05) is 30.3 Å². The number of carbonyl (C=O) groups excluding carboxylic acids is 1. The van der Waals surface area contributed by atoms with Gasteiger partial charge in [-0.3, -0.25) is 14.6 Å². The van der Waals surface area contributed by atoms with E-state index in [9.17, 15) is 27.9 Å². The number of carbonyl (C=O) groups is 1. The smallest absolute Gasteiger partial charge is 0.378 e. The second kappa shape index (κ2) is 10.3. The SMILES string of the molecule is O=C([C@H](O)c1cccc(-c2cncc(C(F)(F)F)c2)c1)N1CCCc2nc(C3(c4ccccc4)CC3)[nH]c(=O)c2C1. The number of nitrogens with one attached hydrogen (secondary N) is 1. The van der Waals surface area contributed by atoms with Crippen molar-refractivity contribution in [2.45, 2.75) is 49.9 Å². The Kier molecular flexibility index (Phi) is 6.73. The number of aryl methyl sites for hydroxylation is 1. The van der Waals surface area contributed by atoms with E-state index in [1.165, 1.54) is 23.2 Å². The molecule has 0 radical (unpaired) electrons. The van der Waals surface area contributed by atoms with E-state index in [4.69, 9.17) is 4.98 Å². The first-order valence-corrected chi connectivity index (χ1v) is 13.4. The predicted octanol–water partition coefficient (Wildman–Crippen LogP) is 4.94. The second-order valence-corrected chi connectivity index (χ2v) is 10.6. The van der Waals surface area contributed by atoms with Crippen molar-refractivity contribution >= 4 is 5.91 Å². The number of fused-ring (bicyclic) bond motifs is 1. The van der Waals surface area contributed by atoms with Crippen molar-refractivity contribution in [3.8, 4) is 11.1 Å². The lowest BCUT2D eigenvalue weighted by atomic mass is 9.94. The van der Waals surface area contributed by atoms with E-state index in [0.717, 1.165) is 30.7 Å². The van der Waals surface area contributed by atoms with Gasteiger partial charge in [0.25, 0.3) is 11.5 Å². The summed E-state index contributed by atoms with van der Waals surface area (Å²) in [7, 11) is 0. The third-order valence-electron chi connectivity index (χ3n) is 7.97. The van der Waals surface area contributed by atoms with Gasteiger partial charge in [-0.15, -0.1) is 0 Å². The summed E-state index contributed by atoms with van der Waals surface area (Å²) in [5.41, 5.74) is 1.52. The quantitative estimate of drug-likeness (QED) is 0.360. The van der Waals surface area contributed by atoms with Gasteiger partial charge in [-0.05, 0) is 54.5 Å². The van der Waals surface area contributed by atoms with E-state index >= 15 is 0 Å². The Morgan fingerprint density at radius 1 is 1.02 bits per heavy atom. The van der Waals surface area contributed by atoms with Crippen molar-refractivity contribution in [1.82, 2.24) is 19.9 Å². The minimum Gasteiger partial charge on any atom is -0.378 e. The molecule has 1 saturated carbocycles. The molecule has 1 fully saturated rings. The van der Waals surface area contributed by atoms with E-state index in [1.54, 1.807) is 12.1 Å². The number of pyridine rings is 1. The molecule has 2 N–H and O–H groups in total. The number of hydrogen-bond acceptors (Lipinski definition) is 5. The van der Waals surface area contributed by atoms with Crippen molar-refractivity contribution in [3.63, 3.8) is 0 Å². The van der Waals surface area contributed by atoms with Gasteiger partial charge in [0.1, 0.15) is 5.82 Å². The van der Waals surface area contributed by atoms with Crippen LogP contribution < -0.4 is 5.56 Å². The Hall–Kier alpha value is -4.31. The zero-order valence-corrected chi connectivity index (χ0v) is 22.0. The molecule has 2 aromatic heterocycles. The Bertz CT molecular complexity index is 1670. The Morgan fingerprint density at radius 2 is 1.80 bits per heavy atom. The van der Waals surface area contributed by atoms with Gasteiger partial charge in [0.05, 0.1) is 28.8 Å². The maximum atomic E-state index is 13.4. The molecule has 0 spiro atoms. The van der Waals surface area contributed by atoms with E-state index < -0.39 is 23.8 Å². The maximum absolute atomic E-state index is 13.4. The molecule has 3 heterocycles. The van der Waals surface area contributed by atoms with Crippen LogP contribution in [0.1, 0.15) is 59.1 Å². The van der Waals surface area contributed by atoms with Gasteiger partial charge in [-0.1, -0.05) is 48.5 Å². The monoisotopic (exact) mass is 560 g/mol. The summed E-state index contributed by atoms with van der Waals surface area (Å²) in [6.45, 7) is 0.325. The molecule has 0 bridgehead atoms. The largest absolute Gasteiger partial charge is 0.417 e. The molecule has 1 aliphatic heterocycles. The number of benzene rings is 2. The topological polar surface area (TPSA) is 99.2 Å². The first kappa shape index (κ1) is 26.9. The molecule has 1 amide bonds. The zero-order valence-electron chi connectivity index (χ0n) is 22.0. The third kappa shape index (κ3) is 5.15. The number of aliphatic hydroxyl groups excluding tert-OH is 1. The lowest BCUT2D eigenvalue weighted by Crippen LogP contribution is -2.36. The molecule has 0 unspecified atom stereocenters. The summed E-state index contributed by atoms with van der Waals surface area (Å²) in [6.07, 6.45) is -1.19. The van der Waals surface area contributed by atoms with E-state index in [-0.39, 0.29) is 28.6 Å². The van der Waals surface area contributed by atoms with Crippen LogP contribution in [0.5, 0.6) is 0 Å². The van der Waals surface area contributed by atoms with Crippen LogP contribution in [0.3, 0.4) is 0 Å². The molecule has 1 aliphatic carbocycles. The molecule has 0 saturated heterocycles. The normalized spacial score (nSPS) is 16.9. The molecular weight excluding hydrogens is 533 g/mol. The average molecular weight is 561 g/mol.